The highest BCUT2D eigenvalue weighted by atomic mass is 16.5. The Morgan fingerprint density at radius 2 is 2.46 bits per heavy atom. The van der Waals surface area contributed by atoms with E-state index in [0.29, 0.717) is 0 Å². The molecule has 1 heterocycles. The first-order valence-corrected chi connectivity index (χ1v) is 4.17. The lowest BCUT2D eigenvalue weighted by Crippen LogP contribution is -2.03. The lowest BCUT2D eigenvalue weighted by Gasteiger charge is -2.02. The maximum Gasteiger partial charge on any atom is 0.129 e. The molecule has 0 radical (unpaired) electrons. The van der Waals surface area contributed by atoms with Crippen molar-refractivity contribution in [1.82, 2.24) is 10.3 Å². The molecule has 0 spiro atoms. The molecule has 0 aliphatic carbocycles. The van der Waals surface area contributed by atoms with Crippen molar-refractivity contribution in [1.29, 1.82) is 0 Å². The summed E-state index contributed by atoms with van der Waals surface area (Å²) >= 11 is 0. The topological polar surface area (TPSA) is 34.2 Å². The highest BCUT2D eigenvalue weighted by Gasteiger charge is 1.96. The minimum atomic E-state index is 0.845. The van der Waals surface area contributed by atoms with Crippen molar-refractivity contribution in [2.24, 2.45) is 0 Å². The molecule has 1 aromatic heterocycles. The van der Waals surface area contributed by atoms with Crippen molar-refractivity contribution in [2.75, 3.05) is 20.7 Å². The number of hydrogen-bond donors (Lipinski definition) is 1. The van der Waals surface area contributed by atoms with Gasteiger partial charge in [-0.15, -0.1) is 0 Å². The maximum absolute atomic E-state index is 5.16. The molecule has 1 rings (SSSR count). The summed E-state index contributed by atoms with van der Waals surface area (Å²) in [5.74, 6) is 0.849. The van der Waals surface area contributed by atoms with Gasteiger partial charge in [0, 0.05) is 24.5 Å². The molecule has 1 aromatic rings. The number of hydrogen-bond acceptors (Lipinski definition) is 3. The summed E-state index contributed by atoms with van der Waals surface area (Å²) < 4.78 is 5.16. The summed E-state index contributed by atoms with van der Waals surface area (Å²) in [7, 11) is 3.57. The number of nitrogens with zero attached hydrogens (tertiary/aromatic N) is 1. The van der Waals surface area contributed by atoms with Crippen LogP contribution in [0, 0.1) is 0 Å². The van der Waals surface area contributed by atoms with E-state index in [0.717, 1.165) is 17.9 Å². The Labute approximate surface area is 78.4 Å². The first-order valence-electron chi connectivity index (χ1n) is 4.17. The van der Waals surface area contributed by atoms with Crippen LogP contribution in [0.1, 0.15) is 5.56 Å². The van der Waals surface area contributed by atoms with Crippen molar-refractivity contribution in [3.63, 3.8) is 0 Å². The van der Waals surface area contributed by atoms with Gasteiger partial charge in [-0.2, -0.15) is 0 Å². The van der Waals surface area contributed by atoms with Crippen LogP contribution in [0.4, 0.5) is 0 Å². The number of ether oxygens (including phenoxy) is 1. The molecule has 0 aliphatic heterocycles. The Bertz CT molecular complexity index is 284. The number of nitrogens with one attached hydrogen (secondary N) is 1. The molecule has 0 bridgehead atoms. The smallest absolute Gasteiger partial charge is 0.129 e. The number of methoxy groups -OCH3 is 1. The van der Waals surface area contributed by atoms with Gasteiger partial charge in [0.25, 0.3) is 0 Å². The van der Waals surface area contributed by atoms with Crippen LogP contribution in [0.3, 0.4) is 0 Å². The summed E-state index contributed by atoms with van der Waals surface area (Å²) in [6.07, 6.45) is 7.51. The van der Waals surface area contributed by atoms with Gasteiger partial charge in [-0.25, -0.2) is 0 Å². The molecule has 3 heteroatoms. The third-order valence-electron chi connectivity index (χ3n) is 1.65. The molecule has 0 saturated carbocycles. The lowest BCUT2D eigenvalue weighted by molar-refractivity contribution is 0.413. The minimum Gasteiger partial charge on any atom is -0.496 e. The zero-order valence-corrected chi connectivity index (χ0v) is 7.95. The van der Waals surface area contributed by atoms with E-state index >= 15 is 0 Å². The van der Waals surface area contributed by atoms with Crippen molar-refractivity contribution in [2.45, 2.75) is 0 Å². The summed E-state index contributed by atoms with van der Waals surface area (Å²) in [4.78, 5) is 4.02. The Hall–Kier alpha value is -1.35. The van der Waals surface area contributed by atoms with Crippen LogP contribution in [0.25, 0.3) is 6.08 Å². The maximum atomic E-state index is 5.16. The SMILES string of the molecule is CNCC=Cc1cnccc1OC. The third-order valence-corrected chi connectivity index (χ3v) is 1.65. The average molecular weight is 178 g/mol. The van der Waals surface area contributed by atoms with Crippen LogP contribution >= 0.6 is 0 Å². The number of rotatable bonds is 4. The highest BCUT2D eigenvalue weighted by molar-refractivity contribution is 5.55. The minimum absolute atomic E-state index is 0.845. The fraction of sp³-hybridized carbons (Fsp3) is 0.300. The first kappa shape index (κ1) is 9.74. The zero-order valence-electron chi connectivity index (χ0n) is 7.95. The second-order valence-corrected chi connectivity index (χ2v) is 2.58. The molecule has 1 N–H and O–H groups in total. The predicted molar refractivity (Wildman–Crippen MR) is 53.7 cm³/mol. The predicted octanol–water partition coefficient (Wildman–Crippen LogP) is 1.32. The Kier molecular flexibility index (Phi) is 3.99. The van der Waals surface area contributed by atoms with E-state index in [1.807, 2.05) is 25.3 Å². The van der Waals surface area contributed by atoms with Crippen LogP contribution in [-0.4, -0.2) is 25.7 Å². The summed E-state index contributed by atoms with van der Waals surface area (Å²) in [5.41, 5.74) is 1.00. The first-order chi connectivity index (χ1) is 6.38. The Balaban J connectivity index is 2.74. The van der Waals surface area contributed by atoms with Crippen molar-refractivity contribution >= 4 is 6.08 Å². The summed E-state index contributed by atoms with van der Waals surface area (Å²) in [6, 6.07) is 1.85. The Morgan fingerprint density at radius 1 is 1.62 bits per heavy atom. The number of likely N-dealkylation sites (N-methyl/N-ethyl adjacent to an activating group) is 1. The van der Waals surface area contributed by atoms with Crippen LogP contribution in [0.2, 0.25) is 0 Å². The van der Waals surface area contributed by atoms with Crippen molar-refractivity contribution in [3.8, 4) is 5.75 Å². The van der Waals surface area contributed by atoms with E-state index in [2.05, 4.69) is 10.3 Å². The van der Waals surface area contributed by atoms with Gasteiger partial charge in [-0.1, -0.05) is 12.2 Å². The number of aromatic nitrogens is 1. The zero-order chi connectivity index (χ0) is 9.52. The van der Waals surface area contributed by atoms with E-state index in [1.165, 1.54) is 0 Å². The van der Waals surface area contributed by atoms with Gasteiger partial charge in [0.05, 0.1) is 7.11 Å². The van der Waals surface area contributed by atoms with E-state index in [4.69, 9.17) is 4.74 Å². The van der Waals surface area contributed by atoms with Crippen LogP contribution < -0.4 is 10.1 Å². The third kappa shape index (κ3) is 2.87. The molecule has 0 atom stereocenters. The Morgan fingerprint density at radius 3 is 3.15 bits per heavy atom. The molecule has 0 aliphatic rings. The fourth-order valence-corrected chi connectivity index (χ4v) is 1.01. The second kappa shape index (κ2) is 5.32. The molecular weight excluding hydrogens is 164 g/mol. The van der Waals surface area contributed by atoms with Crippen LogP contribution in [-0.2, 0) is 0 Å². The second-order valence-electron chi connectivity index (χ2n) is 2.58. The van der Waals surface area contributed by atoms with Crippen LogP contribution in [0.15, 0.2) is 24.5 Å². The van der Waals surface area contributed by atoms with Crippen LogP contribution in [0.5, 0.6) is 5.75 Å². The molecule has 0 saturated heterocycles. The van der Waals surface area contributed by atoms with Gasteiger partial charge in [0.2, 0.25) is 0 Å². The van der Waals surface area contributed by atoms with Crippen molar-refractivity contribution < 1.29 is 4.74 Å². The molecule has 0 amide bonds. The molecule has 13 heavy (non-hydrogen) atoms. The van der Waals surface area contributed by atoms with E-state index < -0.39 is 0 Å². The monoisotopic (exact) mass is 178 g/mol. The van der Waals surface area contributed by atoms with Gasteiger partial charge < -0.3 is 10.1 Å². The molecule has 0 aromatic carbocycles. The van der Waals surface area contributed by atoms with Gasteiger partial charge in [0.15, 0.2) is 0 Å². The largest absolute Gasteiger partial charge is 0.496 e. The standard InChI is InChI=1S/C10H14N2O/c1-11-6-3-4-9-8-12-7-5-10(9)13-2/h3-5,7-8,11H,6H2,1-2H3. The van der Waals surface area contributed by atoms with Crippen molar-refractivity contribution in [3.05, 3.63) is 30.1 Å². The lowest BCUT2D eigenvalue weighted by atomic mass is 10.2. The quantitative estimate of drug-likeness (QED) is 0.755. The van der Waals surface area contributed by atoms with E-state index in [9.17, 15) is 0 Å². The van der Waals surface area contributed by atoms with Gasteiger partial charge in [0.1, 0.15) is 5.75 Å². The number of pyridine rings is 1. The summed E-state index contributed by atoms with van der Waals surface area (Å²) in [5, 5.41) is 3.03. The van der Waals surface area contributed by atoms with E-state index in [-0.39, 0.29) is 0 Å². The average Bonchev–Trinajstić information content (AvgIpc) is 2.19. The van der Waals surface area contributed by atoms with E-state index in [1.54, 1.807) is 19.5 Å². The highest BCUT2D eigenvalue weighted by Crippen LogP contribution is 2.16. The molecule has 0 fully saturated rings. The fourth-order valence-electron chi connectivity index (χ4n) is 1.01. The van der Waals surface area contributed by atoms with Gasteiger partial charge in [-0.3, -0.25) is 4.98 Å². The van der Waals surface area contributed by atoms with Gasteiger partial charge in [-0.05, 0) is 13.1 Å². The normalized spacial score (nSPS) is 10.6. The molecule has 70 valence electrons. The molecule has 3 nitrogen and oxygen atoms in total. The molecule has 0 unspecified atom stereocenters. The summed E-state index contributed by atoms with van der Waals surface area (Å²) in [6.45, 7) is 0.845. The molecular formula is C10H14N2O. The van der Waals surface area contributed by atoms with Gasteiger partial charge >= 0.3 is 0 Å².